The van der Waals surface area contributed by atoms with Crippen LogP contribution in [0.15, 0.2) is 24.3 Å². The zero-order valence-corrected chi connectivity index (χ0v) is 9.43. The van der Waals surface area contributed by atoms with Gasteiger partial charge in [0.2, 0.25) is 0 Å². The summed E-state index contributed by atoms with van der Waals surface area (Å²) in [5.41, 5.74) is 1.87. The minimum atomic E-state index is -4.09. The molecule has 0 aliphatic carbocycles. The van der Waals surface area contributed by atoms with Gasteiger partial charge in [0.1, 0.15) is 0 Å². The fourth-order valence-corrected chi connectivity index (χ4v) is 1.36. The summed E-state index contributed by atoms with van der Waals surface area (Å²) in [7, 11) is 0. The van der Waals surface area contributed by atoms with Crippen molar-refractivity contribution in [2.24, 2.45) is 0 Å². The van der Waals surface area contributed by atoms with Gasteiger partial charge in [0.05, 0.1) is 6.42 Å². The maximum atomic E-state index is 11.9. The van der Waals surface area contributed by atoms with Crippen molar-refractivity contribution in [1.82, 2.24) is 0 Å². The van der Waals surface area contributed by atoms with Gasteiger partial charge in [0, 0.05) is 12.2 Å². The second-order valence-corrected chi connectivity index (χ2v) is 4.07. The van der Waals surface area contributed by atoms with E-state index < -0.39 is 12.6 Å². The highest BCUT2D eigenvalue weighted by Gasteiger charge is 2.26. The summed E-state index contributed by atoms with van der Waals surface area (Å²) in [5, 5.41) is 2.78. The Hall–Kier alpha value is -1.19. The maximum Gasteiger partial charge on any atom is 0.390 e. The van der Waals surface area contributed by atoms with E-state index in [1.807, 2.05) is 18.2 Å². The smallest absolute Gasteiger partial charge is 0.385 e. The molecule has 0 spiro atoms. The lowest BCUT2D eigenvalue weighted by molar-refractivity contribution is -0.131. The van der Waals surface area contributed by atoms with E-state index in [-0.39, 0.29) is 6.54 Å². The van der Waals surface area contributed by atoms with Gasteiger partial charge < -0.3 is 5.32 Å². The molecule has 0 fully saturated rings. The molecule has 1 nitrogen and oxygen atoms in total. The van der Waals surface area contributed by atoms with Gasteiger partial charge in [-0.1, -0.05) is 26.0 Å². The molecule has 1 N–H and O–H groups in total. The predicted octanol–water partition coefficient (Wildman–Crippen LogP) is 4.17. The summed E-state index contributed by atoms with van der Waals surface area (Å²) in [6.07, 6.45) is -4.90. The molecule has 90 valence electrons. The van der Waals surface area contributed by atoms with Gasteiger partial charge in [-0.2, -0.15) is 13.2 Å². The van der Waals surface area contributed by atoms with Crippen LogP contribution in [0.25, 0.3) is 0 Å². The van der Waals surface area contributed by atoms with Crippen molar-refractivity contribution in [3.8, 4) is 0 Å². The highest BCUT2D eigenvalue weighted by atomic mass is 19.4. The summed E-state index contributed by atoms with van der Waals surface area (Å²) in [5.74, 6) is 0.379. The zero-order valence-electron chi connectivity index (χ0n) is 9.43. The number of hydrogen-bond acceptors (Lipinski definition) is 1. The fourth-order valence-electron chi connectivity index (χ4n) is 1.36. The standard InChI is InChI=1S/C12H16F3N/c1-9(2)10-4-3-5-11(8-10)16-7-6-12(13,14)15/h3-5,8-9,16H,6-7H2,1-2H3. The quantitative estimate of drug-likeness (QED) is 0.819. The van der Waals surface area contributed by atoms with Gasteiger partial charge in [-0.25, -0.2) is 0 Å². The molecule has 0 atom stereocenters. The van der Waals surface area contributed by atoms with E-state index in [1.165, 1.54) is 0 Å². The summed E-state index contributed by atoms with van der Waals surface area (Å²) in [6, 6.07) is 7.49. The van der Waals surface area contributed by atoms with Crippen LogP contribution in [0.4, 0.5) is 18.9 Å². The molecule has 0 heterocycles. The first-order chi connectivity index (χ1) is 7.38. The largest absolute Gasteiger partial charge is 0.390 e. The Balaban J connectivity index is 2.51. The molecule has 0 amide bonds. The minimum Gasteiger partial charge on any atom is -0.385 e. The summed E-state index contributed by atoms with van der Waals surface area (Å²) in [4.78, 5) is 0. The summed E-state index contributed by atoms with van der Waals surface area (Å²) < 4.78 is 35.8. The normalized spacial score (nSPS) is 11.9. The SMILES string of the molecule is CC(C)c1cccc(NCCC(F)(F)F)c1. The second-order valence-electron chi connectivity index (χ2n) is 4.07. The van der Waals surface area contributed by atoms with Crippen molar-refractivity contribution in [1.29, 1.82) is 0 Å². The molecule has 0 unspecified atom stereocenters. The molecular weight excluding hydrogens is 215 g/mol. The molecule has 0 aliphatic heterocycles. The lowest BCUT2D eigenvalue weighted by atomic mass is 10.0. The average molecular weight is 231 g/mol. The highest BCUT2D eigenvalue weighted by molar-refractivity contribution is 5.46. The highest BCUT2D eigenvalue weighted by Crippen LogP contribution is 2.21. The summed E-state index contributed by atoms with van der Waals surface area (Å²) in [6.45, 7) is 4.02. The van der Waals surface area contributed by atoms with Crippen LogP contribution in [0.1, 0.15) is 31.7 Å². The van der Waals surface area contributed by atoms with Crippen LogP contribution < -0.4 is 5.32 Å². The van der Waals surface area contributed by atoms with Crippen molar-refractivity contribution in [2.45, 2.75) is 32.4 Å². The van der Waals surface area contributed by atoms with Gasteiger partial charge in [-0.3, -0.25) is 0 Å². The van der Waals surface area contributed by atoms with E-state index in [4.69, 9.17) is 0 Å². The van der Waals surface area contributed by atoms with Crippen LogP contribution in [0.5, 0.6) is 0 Å². The molecule has 1 aromatic carbocycles. The van der Waals surface area contributed by atoms with E-state index in [0.29, 0.717) is 5.92 Å². The first-order valence-electron chi connectivity index (χ1n) is 5.29. The first kappa shape index (κ1) is 12.9. The van der Waals surface area contributed by atoms with Crippen molar-refractivity contribution >= 4 is 5.69 Å². The van der Waals surface area contributed by atoms with Gasteiger partial charge in [0.15, 0.2) is 0 Å². The molecular formula is C12H16F3N. The Morgan fingerprint density at radius 3 is 2.50 bits per heavy atom. The van der Waals surface area contributed by atoms with Crippen LogP contribution >= 0.6 is 0 Å². The molecule has 1 rings (SSSR count). The van der Waals surface area contributed by atoms with Crippen molar-refractivity contribution < 1.29 is 13.2 Å². The van der Waals surface area contributed by atoms with E-state index >= 15 is 0 Å². The van der Waals surface area contributed by atoms with Crippen molar-refractivity contribution in [2.75, 3.05) is 11.9 Å². The predicted molar refractivity (Wildman–Crippen MR) is 59.7 cm³/mol. The third kappa shape index (κ3) is 4.55. The van der Waals surface area contributed by atoms with Gasteiger partial charge >= 0.3 is 6.18 Å². The third-order valence-electron chi connectivity index (χ3n) is 2.29. The lowest BCUT2D eigenvalue weighted by Gasteiger charge is -2.11. The minimum absolute atomic E-state index is 0.0783. The topological polar surface area (TPSA) is 12.0 Å². The van der Waals surface area contributed by atoms with Gasteiger partial charge in [0.25, 0.3) is 0 Å². The number of rotatable bonds is 4. The van der Waals surface area contributed by atoms with Crippen LogP contribution in [0.2, 0.25) is 0 Å². The van der Waals surface area contributed by atoms with E-state index in [2.05, 4.69) is 19.2 Å². The average Bonchev–Trinajstić information content (AvgIpc) is 2.16. The Morgan fingerprint density at radius 1 is 1.25 bits per heavy atom. The van der Waals surface area contributed by atoms with Crippen LogP contribution in [-0.4, -0.2) is 12.7 Å². The van der Waals surface area contributed by atoms with E-state index in [9.17, 15) is 13.2 Å². The Bertz CT molecular complexity index is 331. The van der Waals surface area contributed by atoms with Gasteiger partial charge in [-0.05, 0) is 23.6 Å². The fraction of sp³-hybridized carbons (Fsp3) is 0.500. The molecule has 0 aliphatic rings. The molecule has 0 aromatic heterocycles. The molecule has 0 radical (unpaired) electrons. The Kier molecular flexibility index (Phi) is 4.21. The maximum absolute atomic E-state index is 11.9. The van der Waals surface area contributed by atoms with E-state index in [0.717, 1.165) is 11.3 Å². The molecule has 0 saturated carbocycles. The lowest BCUT2D eigenvalue weighted by Crippen LogP contribution is -2.14. The third-order valence-corrected chi connectivity index (χ3v) is 2.29. The van der Waals surface area contributed by atoms with Crippen LogP contribution in [0, 0.1) is 0 Å². The molecule has 0 bridgehead atoms. The Labute approximate surface area is 93.7 Å². The number of hydrogen-bond donors (Lipinski definition) is 1. The van der Waals surface area contributed by atoms with E-state index in [1.54, 1.807) is 6.07 Å². The monoisotopic (exact) mass is 231 g/mol. The number of alkyl halides is 3. The zero-order chi connectivity index (χ0) is 12.2. The molecule has 4 heteroatoms. The number of benzene rings is 1. The molecule has 16 heavy (non-hydrogen) atoms. The molecule has 0 saturated heterocycles. The second kappa shape index (κ2) is 5.23. The Morgan fingerprint density at radius 2 is 1.94 bits per heavy atom. The summed E-state index contributed by atoms with van der Waals surface area (Å²) >= 11 is 0. The number of nitrogens with one attached hydrogen (secondary N) is 1. The molecule has 1 aromatic rings. The van der Waals surface area contributed by atoms with Crippen LogP contribution in [-0.2, 0) is 0 Å². The van der Waals surface area contributed by atoms with Crippen molar-refractivity contribution in [3.05, 3.63) is 29.8 Å². The number of halogens is 3. The van der Waals surface area contributed by atoms with Crippen molar-refractivity contribution in [3.63, 3.8) is 0 Å². The first-order valence-corrected chi connectivity index (χ1v) is 5.29. The van der Waals surface area contributed by atoms with Gasteiger partial charge in [-0.15, -0.1) is 0 Å². The van der Waals surface area contributed by atoms with Crippen LogP contribution in [0.3, 0.4) is 0 Å². The number of anilines is 1.